The Morgan fingerprint density at radius 3 is 2.08 bits per heavy atom. The fraction of sp³-hybridized carbons (Fsp3) is 0.292. The number of Topliss-reactive ketones (excluding diaryl/α,β-unsaturated/α-hetero) is 2. The van der Waals surface area contributed by atoms with Crippen molar-refractivity contribution in [2.24, 2.45) is 0 Å². The number of aliphatic hydroxyl groups is 4. The van der Waals surface area contributed by atoms with Crippen molar-refractivity contribution >= 4 is 22.5 Å². The van der Waals surface area contributed by atoms with Gasteiger partial charge in [0.05, 0.1) is 12.0 Å². The molecule has 1 aliphatic heterocycles. The molecule has 2 fully saturated rings. The van der Waals surface area contributed by atoms with Crippen LogP contribution in [0.4, 0.5) is 0 Å². The summed E-state index contributed by atoms with van der Waals surface area (Å²) < 4.78 is 11.4. The van der Waals surface area contributed by atoms with E-state index < -0.39 is 82.0 Å². The SMILES string of the molecule is O=C1CC(=O)C1(O)[C@H]1OC(c2c(-c3ccc(O)cc3)oc3cc(O)cc(O)c3c2=O)[C@H](O)[C@@H](O)[C@@H]1O. The maximum atomic E-state index is 13.6. The Hall–Kier alpha value is -3.81. The first-order valence-electron chi connectivity index (χ1n) is 10.8. The van der Waals surface area contributed by atoms with Gasteiger partial charge in [0.1, 0.15) is 64.5 Å². The van der Waals surface area contributed by atoms with E-state index in [9.17, 15) is 50.1 Å². The van der Waals surface area contributed by atoms with Gasteiger partial charge in [-0.2, -0.15) is 0 Å². The van der Waals surface area contributed by atoms with Crippen LogP contribution < -0.4 is 5.43 Å². The number of hydrogen-bond acceptors (Lipinski definition) is 12. The molecule has 2 aromatic carbocycles. The summed E-state index contributed by atoms with van der Waals surface area (Å²) in [6.07, 6.45) is -10.7. The average molecular weight is 500 g/mol. The minimum absolute atomic E-state index is 0.129. The van der Waals surface area contributed by atoms with Gasteiger partial charge in [-0.05, 0) is 24.3 Å². The molecule has 0 amide bonds. The Bertz CT molecular complexity index is 1440. The predicted molar refractivity (Wildman–Crippen MR) is 118 cm³/mol. The van der Waals surface area contributed by atoms with E-state index in [2.05, 4.69) is 0 Å². The quantitative estimate of drug-likeness (QED) is 0.224. The van der Waals surface area contributed by atoms with Gasteiger partial charge < -0.3 is 44.9 Å². The summed E-state index contributed by atoms with van der Waals surface area (Å²) in [7, 11) is 0. The van der Waals surface area contributed by atoms with Crippen molar-refractivity contribution in [3.8, 4) is 28.6 Å². The maximum Gasteiger partial charge on any atom is 0.211 e. The van der Waals surface area contributed by atoms with Gasteiger partial charge in [-0.15, -0.1) is 0 Å². The Kier molecular flexibility index (Phi) is 5.39. The molecular weight excluding hydrogens is 480 g/mol. The van der Waals surface area contributed by atoms with Gasteiger partial charge in [-0.1, -0.05) is 0 Å². The minimum Gasteiger partial charge on any atom is -0.508 e. The van der Waals surface area contributed by atoms with Gasteiger partial charge in [0.2, 0.25) is 11.0 Å². The normalized spacial score (nSPS) is 27.7. The first kappa shape index (κ1) is 23.9. The van der Waals surface area contributed by atoms with E-state index in [1.165, 1.54) is 24.3 Å². The molecule has 1 aromatic heterocycles. The molecule has 2 heterocycles. The molecule has 188 valence electrons. The molecule has 3 aromatic rings. The van der Waals surface area contributed by atoms with Crippen LogP contribution in [0, 0.1) is 0 Å². The van der Waals surface area contributed by atoms with Crippen LogP contribution in [0.25, 0.3) is 22.3 Å². The lowest BCUT2D eigenvalue weighted by Gasteiger charge is -2.48. The highest BCUT2D eigenvalue weighted by atomic mass is 16.6. The number of aromatic hydroxyl groups is 3. The summed E-state index contributed by atoms with van der Waals surface area (Å²) in [5.74, 6) is -3.46. The number of ether oxygens (including phenoxy) is 1. The van der Waals surface area contributed by atoms with Crippen LogP contribution in [-0.2, 0) is 14.3 Å². The molecule has 5 atom stereocenters. The number of aliphatic hydroxyl groups excluding tert-OH is 3. The van der Waals surface area contributed by atoms with E-state index in [0.717, 1.165) is 12.1 Å². The zero-order chi connectivity index (χ0) is 26.1. The molecule has 36 heavy (non-hydrogen) atoms. The van der Waals surface area contributed by atoms with Crippen LogP contribution in [0.1, 0.15) is 18.1 Å². The summed E-state index contributed by atoms with van der Waals surface area (Å²) in [5, 5.41) is 71.9. The lowest BCUT2D eigenvalue weighted by molar-refractivity contribution is -0.263. The summed E-state index contributed by atoms with van der Waals surface area (Å²) in [6.45, 7) is 0. The van der Waals surface area contributed by atoms with Crippen molar-refractivity contribution in [3.05, 3.63) is 52.2 Å². The van der Waals surface area contributed by atoms with Gasteiger partial charge in [-0.25, -0.2) is 0 Å². The Balaban J connectivity index is 1.76. The van der Waals surface area contributed by atoms with Crippen LogP contribution in [0.2, 0.25) is 0 Å². The topological polar surface area (TPSA) is 215 Å². The fourth-order valence-electron chi connectivity index (χ4n) is 4.63. The molecule has 12 heteroatoms. The molecule has 0 radical (unpaired) electrons. The van der Waals surface area contributed by atoms with Crippen molar-refractivity contribution in [1.29, 1.82) is 0 Å². The maximum absolute atomic E-state index is 13.6. The Labute approximate surface area is 200 Å². The molecule has 0 spiro atoms. The van der Waals surface area contributed by atoms with Gasteiger partial charge in [0.15, 0.2) is 11.6 Å². The summed E-state index contributed by atoms with van der Waals surface area (Å²) in [6, 6.07) is 7.13. The number of benzene rings is 2. The average Bonchev–Trinajstić information content (AvgIpc) is 2.83. The highest BCUT2D eigenvalue weighted by molar-refractivity contribution is 6.28. The molecule has 2 aliphatic rings. The van der Waals surface area contributed by atoms with Crippen molar-refractivity contribution < 1.29 is 54.5 Å². The third kappa shape index (κ3) is 3.31. The number of carbonyl (C=O) groups excluding carboxylic acids is 2. The predicted octanol–water partition coefficient (Wildman–Crippen LogP) is -0.628. The lowest BCUT2D eigenvalue weighted by Crippen LogP contribution is -2.72. The van der Waals surface area contributed by atoms with E-state index >= 15 is 0 Å². The van der Waals surface area contributed by atoms with Crippen LogP contribution >= 0.6 is 0 Å². The molecule has 1 unspecified atom stereocenters. The van der Waals surface area contributed by atoms with Crippen LogP contribution in [0.5, 0.6) is 17.2 Å². The van der Waals surface area contributed by atoms with Crippen LogP contribution in [0.3, 0.4) is 0 Å². The van der Waals surface area contributed by atoms with E-state index in [0.29, 0.717) is 0 Å². The second-order valence-corrected chi connectivity index (χ2v) is 8.80. The number of rotatable bonds is 3. The molecule has 7 N–H and O–H groups in total. The third-order valence-corrected chi connectivity index (χ3v) is 6.60. The lowest BCUT2D eigenvalue weighted by atomic mass is 9.69. The Morgan fingerprint density at radius 1 is 0.833 bits per heavy atom. The second kappa shape index (κ2) is 8.11. The molecule has 1 saturated heterocycles. The highest BCUT2D eigenvalue weighted by Gasteiger charge is 2.65. The van der Waals surface area contributed by atoms with Crippen molar-refractivity contribution in [1.82, 2.24) is 0 Å². The standard InChI is InChI=1S/C24H20O12/c25-9-3-1-8(2-4-9)21-16(17(30)15-11(27)5-10(26)6-12(15)35-21)22-19(32)18(31)20(33)23(36-22)24(34)13(28)7-14(24)29/h1-6,18-20,22-23,25-27,31-34H,7H2/t18-,19-,20+,22?,23+/m1/s1. The number of carbonyl (C=O) groups is 2. The summed E-state index contributed by atoms with van der Waals surface area (Å²) in [4.78, 5) is 37.9. The van der Waals surface area contributed by atoms with Crippen LogP contribution in [0.15, 0.2) is 45.6 Å². The first-order chi connectivity index (χ1) is 16.9. The van der Waals surface area contributed by atoms with E-state index in [1.807, 2.05) is 0 Å². The number of ketones is 2. The molecule has 5 rings (SSSR count). The molecule has 0 bridgehead atoms. The van der Waals surface area contributed by atoms with Crippen molar-refractivity contribution in [2.45, 2.75) is 42.5 Å². The number of fused-ring (bicyclic) bond motifs is 1. The molecule has 1 saturated carbocycles. The fourth-order valence-corrected chi connectivity index (χ4v) is 4.63. The highest BCUT2D eigenvalue weighted by Crippen LogP contribution is 2.43. The van der Waals surface area contributed by atoms with E-state index in [4.69, 9.17) is 9.15 Å². The second-order valence-electron chi connectivity index (χ2n) is 8.80. The number of phenolic OH excluding ortho intramolecular Hbond substituents is 3. The molecule has 1 aliphatic carbocycles. The van der Waals surface area contributed by atoms with E-state index in [1.54, 1.807) is 0 Å². The smallest absolute Gasteiger partial charge is 0.211 e. The monoisotopic (exact) mass is 500 g/mol. The van der Waals surface area contributed by atoms with Gasteiger partial charge in [0, 0.05) is 17.7 Å². The minimum atomic E-state index is -2.80. The summed E-state index contributed by atoms with van der Waals surface area (Å²) in [5.41, 5.74) is -4.36. The zero-order valence-corrected chi connectivity index (χ0v) is 18.2. The number of phenols is 3. The molecule has 12 nitrogen and oxygen atoms in total. The van der Waals surface area contributed by atoms with Crippen molar-refractivity contribution in [2.75, 3.05) is 0 Å². The summed E-state index contributed by atoms with van der Waals surface area (Å²) >= 11 is 0. The number of hydrogen-bond donors (Lipinski definition) is 7. The van der Waals surface area contributed by atoms with E-state index in [-0.39, 0.29) is 22.7 Å². The first-order valence-corrected chi connectivity index (χ1v) is 10.8. The zero-order valence-electron chi connectivity index (χ0n) is 18.2. The largest absolute Gasteiger partial charge is 0.508 e. The van der Waals surface area contributed by atoms with Crippen LogP contribution in [-0.4, -0.2) is 77.3 Å². The van der Waals surface area contributed by atoms with Crippen molar-refractivity contribution in [3.63, 3.8) is 0 Å². The van der Waals surface area contributed by atoms with Gasteiger partial charge in [-0.3, -0.25) is 14.4 Å². The van der Waals surface area contributed by atoms with Gasteiger partial charge >= 0.3 is 0 Å². The molecular formula is C24H20O12. The third-order valence-electron chi connectivity index (χ3n) is 6.60. The Morgan fingerprint density at radius 2 is 1.47 bits per heavy atom. The van der Waals surface area contributed by atoms with Gasteiger partial charge in [0.25, 0.3) is 0 Å².